The molecule has 0 radical (unpaired) electrons. The smallest absolute Gasteiger partial charge is 0.326 e. The molecule has 0 aromatic heterocycles. The quantitative estimate of drug-likeness (QED) is 0.817. The van der Waals surface area contributed by atoms with E-state index in [-0.39, 0.29) is 11.3 Å². The van der Waals surface area contributed by atoms with Gasteiger partial charge in [-0.2, -0.15) is 0 Å². The maximum atomic E-state index is 12.9. The molecule has 1 aliphatic rings. The van der Waals surface area contributed by atoms with Crippen molar-refractivity contribution in [2.24, 2.45) is 0 Å². The molecular weight excluding hydrogens is 325 g/mol. The van der Waals surface area contributed by atoms with Crippen LogP contribution in [-0.2, 0) is 19.4 Å². The van der Waals surface area contributed by atoms with Crippen LogP contribution in [0.15, 0.2) is 29.2 Å². The molecule has 6 nitrogen and oxygen atoms in total. The van der Waals surface area contributed by atoms with Gasteiger partial charge in [0.2, 0.25) is 5.91 Å². The van der Waals surface area contributed by atoms with Gasteiger partial charge < -0.3 is 10.0 Å². The van der Waals surface area contributed by atoms with E-state index in [1.807, 2.05) is 0 Å². The number of halogens is 1. The van der Waals surface area contributed by atoms with E-state index in [0.29, 0.717) is 19.4 Å². The number of amides is 1. The summed E-state index contributed by atoms with van der Waals surface area (Å²) in [7, 11) is -3.78. The Kier molecular flexibility index (Phi) is 5.03. The zero-order valence-corrected chi connectivity index (χ0v) is 13.4. The van der Waals surface area contributed by atoms with Crippen molar-refractivity contribution in [3.8, 4) is 0 Å². The third-order valence-corrected chi connectivity index (χ3v) is 6.15. The SMILES string of the molecule is C[C@@H](CC(=O)N1CCC[C@@H]1C(=O)O)S(=O)(=O)c1ccc(F)cc1. The standard InChI is InChI=1S/C15H18FNO5S/c1-10(23(21,22)12-6-4-11(16)5-7-12)9-14(18)17-8-2-3-13(17)15(19)20/h4-7,10,13H,2-3,8-9H2,1H3,(H,19,20)/t10-,13+/m0/s1. The number of carbonyl (C=O) groups is 2. The number of rotatable bonds is 5. The van der Waals surface area contributed by atoms with Gasteiger partial charge in [-0.1, -0.05) is 0 Å². The summed E-state index contributed by atoms with van der Waals surface area (Å²) in [6.45, 7) is 1.71. The Morgan fingerprint density at radius 3 is 2.52 bits per heavy atom. The monoisotopic (exact) mass is 343 g/mol. The predicted molar refractivity (Wildman–Crippen MR) is 80.0 cm³/mol. The van der Waals surface area contributed by atoms with Gasteiger partial charge in [-0.05, 0) is 44.0 Å². The average Bonchev–Trinajstić information content (AvgIpc) is 2.97. The molecule has 23 heavy (non-hydrogen) atoms. The van der Waals surface area contributed by atoms with E-state index in [9.17, 15) is 22.4 Å². The molecular formula is C15H18FNO5S. The van der Waals surface area contributed by atoms with Gasteiger partial charge in [0.05, 0.1) is 10.1 Å². The maximum absolute atomic E-state index is 12.9. The summed E-state index contributed by atoms with van der Waals surface area (Å²) < 4.78 is 37.7. The number of nitrogens with zero attached hydrogens (tertiary/aromatic N) is 1. The zero-order valence-electron chi connectivity index (χ0n) is 12.6. The fourth-order valence-electron chi connectivity index (χ4n) is 2.65. The van der Waals surface area contributed by atoms with Crippen LogP contribution in [-0.4, -0.2) is 48.1 Å². The first kappa shape index (κ1) is 17.4. The molecule has 0 unspecified atom stereocenters. The third kappa shape index (κ3) is 3.69. The van der Waals surface area contributed by atoms with Crippen LogP contribution in [0.1, 0.15) is 26.2 Å². The molecule has 8 heteroatoms. The van der Waals surface area contributed by atoms with Crippen LogP contribution in [0.4, 0.5) is 4.39 Å². The lowest BCUT2D eigenvalue weighted by Crippen LogP contribution is -2.42. The molecule has 1 heterocycles. The van der Waals surface area contributed by atoms with E-state index < -0.39 is 38.8 Å². The zero-order chi connectivity index (χ0) is 17.2. The van der Waals surface area contributed by atoms with Crippen LogP contribution in [0.5, 0.6) is 0 Å². The van der Waals surface area contributed by atoms with E-state index in [0.717, 1.165) is 24.3 Å². The second-order valence-corrected chi connectivity index (χ2v) is 7.96. The van der Waals surface area contributed by atoms with Crippen LogP contribution in [0, 0.1) is 5.82 Å². The molecule has 0 saturated carbocycles. The van der Waals surface area contributed by atoms with Gasteiger partial charge in [-0.3, -0.25) is 4.79 Å². The number of hydrogen-bond donors (Lipinski definition) is 1. The maximum Gasteiger partial charge on any atom is 0.326 e. The lowest BCUT2D eigenvalue weighted by Gasteiger charge is -2.23. The van der Waals surface area contributed by atoms with Crippen molar-refractivity contribution < 1.29 is 27.5 Å². The lowest BCUT2D eigenvalue weighted by atomic mass is 10.2. The molecule has 2 rings (SSSR count). The molecule has 0 spiro atoms. The van der Waals surface area contributed by atoms with Crippen LogP contribution >= 0.6 is 0 Å². The van der Waals surface area contributed by atoms with E-state index in [1.54, 1.807) is 0 Å². The number of carboxylic acids is 1. The number of sulfone groups is 1. The summed E-state index contributed by atoms with van der Waals surface area (Å²) in [6, 6.07) is 3.51. The Bertz CT molecular complexity index is 701. The minimum absolute atomic E-state index is 0.0598. The van der Waals surface area contributed by atoms with Crippen molar-refractivity contribution in [3.63, 3.8) is 0 Å². The first-order valence-electron chi connectivity index (χ1n) is 7.25. The third-order valence-electron chi connectivity index (χ3n) is 3.99. The highest BCUT2D eigenvalue weighted by molar-refractivity contribution is 7.92. The van der Waals surface area contributed by atoms with Crippen LogP contribution in [0.25, 0.3) is 0 Å². The summed E-state index contributed by atoms with van der Waals surface area (Å²) in [6.07, 6.45) is 0.658. The van der Waals surface area contributed by atoms with Crippen LogP contribution < -0.4 is 0 Å². The Morgan fingerprint density at radius 2 is 1.96 bits per heavy atom. The fourth-order valence-corrected chi connectivity index (χ4v) is 3.99. The number of benzene rings is 1. The lowest BCUT2D eigenvalue weighted by molar-refractivity contribution is -0.148. The molecule has 1 aromatic rings. The van der Waals surface area contributed by atoms with Gasteiger partial charge in [0.1, 0.15) is 11.9 Å². The molecule has 2 atom stereocenters. The minimum Gasteiger partial charge on any atom is -0.480 e. The van der Waals surface area contributed by atoms with Gasteiger partial charge in [0.25, 0.3) is 0 Å². The summed E-state index contributed by atoms with van der Waals surface area (Å²) >= 11 is 0. The van der Waals surface area contributed by atoms with E-state index in [1.165, 1.54) is 11.8 Å². The van der Waals surface area contributed by atoms with Crippen LogP contribution in [0.3, 0.4) is 0 Å². The van der Waals surface area contributed by atoms with Crippen molar-refractivity contribution in [1.82, 2.24) is 4.90 Å². The highest BCUT2D eigenvalue weighted by Gasteiger charge is 2.36. The number of carboxylic acid groups (broad SMARTS) is 1. The molecule has 1 amide bonds. The predicted octanol–water partition coefficient (Wildman–Crippen LogP) is 1.45. The van der Waals surface area contributed by atoms with E-state index in [2.05, 4.69) is 0 Å². The molecule has 1 saturated heterocycles. The van der Waals surface area contributed by atoms with Gasteiger partial charge in [0, 0.05) is 13.0 Å². The summed E-state index contributed by atoms with van der Waals surface area (Å²) in [5, 5.41) is 8.06. The molecule has 1 aromatic carbocycles. The van der Waals surface area contributed by atoms with Gasteiger partial charge >= 0.3 is 5.97 Å². The van der Waals surface area contributed by atoms with Gasteiger partial charge in [-0.25, -0.2) is 17.6 Å². The molecule has 1 N–H and O–H groups in total. The number of carbonyl (C=O) groups excluding carboxylic acids is 1. The number of hydrogen-bond acceptors (Lipinski definition) is 4. The van der Waals surface area contributed by atoms with Crippen molar-refractivity contribution in [3.05, 3.63) is 30.1 Å². The van der Waals surface area contributed by atoms with Crippen molar-refractivity contribution >= 4 is 21.7 Å². The normalized spacial score (nSPS) is 19.6. The largest absolute Gasteiger partial charge is 0.480 e. The van der Waals surface area contributed by atoms with Crippen molar-refractivity contribution in [1.29, 1.82) is 0 Å². The van der Waals surface area contributed by atoms with E-state index >= 15 is 0 Å². The first-order valence-corrected chi connectivity index (χ1v) is 8.80. The van der Waals surface area contributed by atoms with Crippen molar-refractivity contribution in [2.75, 3.05) is 6.54 Å². The molecule has 0 bridgehead atoms. The fraction of sp³-hybridized carbons (Fsp3) is 0.467. The highest BCUT2D eigenvalue weighted by atomic mass is 32.2. The summed E-state index contributed by atoms with van der Waals surface area (Å²) in [4.78, 5) is 24.5. The Hall–Kier alpha value is -1.96. The Morgan fingerprint density at radius 1 is 1.35 bits per heavy atom. The Labute approximate surface area is 133 Å². The highest BCUT2D eigenvalue weighted by Crippen LogP contribution is 2.23. The van der Waals surface area contributed by atoms with Crippen molar-refractivity contribution in [2.45, 2.75) is 42.4 Å². The second-order valence-electron chi connectivity index (χ2n) is 5.60. The molecule has 1 aliphatic heterocycles. The molecule has 1 fully saturated rings. The van der Waals surface area contributed by atoms with Gasteiger partial charge in [0.15, 0.2) is 9.84 Å². The average molecular weight is 343 g/mol. The number of likely N-dealkylation sites (tertiary alicyclic amines) is 1. The minimum atomic E-state index is -3.78. The number of aliphatic carboxylic acids is 1. The molecule has 126 valence electrons. The molecule has 0 aliphatic carbocycles. The van der Waals surface area contributed by atoms with Gasteiger partial charge in [-0.15, -0.1) is 0 Å². The second kappa shape index (κ2) is 6.66. The van der Waals surface area contributed by atoms with Crippen LogP contribution in [0.2, 0.25) is 0 Å². The topological polar surface area (TPSA) is 91.8 Å². The van der Waals surface area contributed by atoms with E-state index in [4.69, 9.17) is 5.11 Å². The summed E-state index contributed by atoms with van der Waals surface area (Å²) in [5.41, 5.74) is 0. The summed E-state index contributed by atoms with van der Waals surface area (Å²) in [5.74, 6) is -2.12. The Balaban J connectivity index is 2.11. The first-order chi connectivity index (χ1) is 10.7.